The lowest BCUT2D eigenvalue weighted by atomic mass is 9.98. The van der Waals surface area contributed by atoms with Gasteiger partial charge >= 0.3 is 0 Å². The number of nitrogens with one attached hydrogen (secondary N) is 1. The molecule has 3 N–H and O–H groups in total. The molecule has 0 radical (unpaired) electrons. The summed E-state index contributed by atoms with van der Waals surface area (Å²) in [6, 6.07) is 15.0. The third-order valence-corrected chi connectivity index (χ3v) is 10.5. The van der Waals surface area contributed by atoms with Gasteiger partial charge in [-0.1, -0.05) is 56.0 Å². The molecule has 198 valence electrons. The van der Waals surface area contributed by atoms with Crippen molar-refractivity contribution >= 4 is 47.1 Å². The van der Waals surface area contributed by atoms with Crippen molar-refractivity contribution in [3.05, 3.63) is 65.9 Å². The quantitative estimate of drug-likeness (QED) is 0.311. The second-order valence-electron chi connectivity index (χ2n) is 10.5. The second-order valence-corrected chi connectivity index (χ2v) is 18.1. The number of anilines is 1. The molecule has 0 amide bonds. The van der Waals surface area contributed by atoms with Gasteiger partial charge in [-0.25, -0.2) is 17.4 Å². The number of hydrogen-bond acceptors (Lipinski definition) is 8. The number of carbonyl (C=O) groups is 1. The predicted molar refractivity (Wildman–Crippen MR) is 149 cm³/mol. The predicted octanol–water partition coefficient (Wildman–Crippen LogP) is 3.70. The average Bonchev–Trinajstić information content (AvgIpc) is 3.39. The van der Waals surface area contributed by atoms with Crippen molar-refractivity contribution in [1.29, 1.82) is 0 Å². The summed E-state index contributed by atoms with van der Waals surface area (Å²) in [5.74, 6) is -0.483. The summed E-state index contributed by atoms with van der Waals surface area (Å²) in [6.45, 7) is 12.2. The minimum absolute atomic E-state index is 0.116. The number of aldehydes is 1. The minimum atomic E-state index is -3.80. The van der Waals surface area contributed by atoms with Gasteiger partial charge in [0, 0.05) is 18.4 Å². The Morgan fingerprint density at radius 1 is 1.16 bits per heavy atom. The van der Waals surface area contributed by atoms with E-state index in [1.807, 2.05) is 48.4 Å². The van der Waals surface area contributed by atoms with E-state index in [9.17, 15) is 13.2 Å². The first-order valence-corrected chi connectivity index (χ1v) is 17.4. The number of ether oxygens (including phenoxy) is 1. The molecule has 2 aromatic carbocycles. The van der Waals surface area contributed by atoms with Crippen molar-refractivity contribution in [3.63, 3.8) is 0 Å². The maximum atomic E-state index is 13.2. The molecule has 1 aromatic heterocycles. The van der Waals surface area contributed by atoms with Crippen LogP contribution in [-0.2, 0) is 25.2 Å². The van der Waals surface area contributed by atoms with Gasteiger partial charge in [-0.05, 0) is 38.5 Å². The number of nitrogens with zero attached hydrogens (tertiary/aromatic N) is 3. The summed E-state index contributed by atoms with van der Waals surface area (Å²) in [7, 11) is -5.86. The summed E-state index contributed by atoms with van der Waals surface area (Å²) in [6.07, 6.45) is 2.68. The third-order valence-electron chi connectivity index (χ3n) is 6.54. The van der Waals surface area contributed by atoms with Gasteiger partial charge in [0.05, 0.1) is 22.0 Å². The molecule has 11 heteroatoms. The van der Waals surface area contributed by atoms with Crippen LogP contribution in [0.25, 0.3) is 16.7 Å². The highest BCUT2D eigenvalue weighted by atomic mass is 32.2. The molecule has 0 fully saturated rings. The van der Waals surface area contributed by atoms with Gasteiger partial charge in [-0.15, -0.1) is 0 Å². The Balaban J connectivity index is 1.98. The molecule has 1 aliphatic heterocycles. The molecule has 2 unspecified atom stereocenters. The molecular formula is C26H35N5O4SSi. The van der Waals surface area contributed by atoms with E-state index in [1.54, 1.807) is 32.0 Å². The summed E-state index contributed by atoms with van der Waals surface area (Å²) in [5.41, 5.74) is 7.78. The van der Waals surface area contributed by atoms with Gasteiger partial charge in [-0.3, -0.25) is 4.79 Å². The average molecular weight is 542 g/mol. The van der Waals surface area contributed by atoms with E-state index in [2.05, 4.69) is 29.9 Å². The number of nitrogen functional groups attached to an aromatic ring is 1. The normalized spacial score (nSPS) is 19.2. The van der Waals surface area contributed by atoms with Crippen LogP contribution in [0.15, 0.2) is 54.7 Å². The van der Waals surface area contributed by atoms with Crippen molar-refractivity contribution in [2.45, 2.75) is 57.2 Å². The lowest BCUT2D eigenvalue weighted by molar-refractivity contribution is -0.123. The van der Waals surface area contributed by atoms with E-state index in [0.717, 1.165) is 21.5 Å². The van der Waals surface area contributed by atoms with Crippen LogP contribution in [-0.4, -0.2) is 54.3 Å². The highest BCUT2D eigenvalue weighted by molar-refractivity contribution is 7.90. The molecule has 0 saturated heterocycles. The zero-order chi connectivity index (χ0) is 27.2. The lowest BCUT2D eigenvalue weighted by Gasteiger charge is -2.46. The molecule has 4 rings (SSSR count). The van der Waals surface area contributed by atoms with Crippen molar-refractivity contribution in [1.82, 2.24) is 19.2 Å². The molecule has 0 bridgehead atoms. The smallest absolute Gasteiger partial charge is 0.244 e. The van der Waals surface area contributed by atoms with Crippen LogP contribution < -0.4 is 11.1 Å². The molecule has 9 nitrogen and oxygen atoms in total. The zero-order valence-corrected chi connectivity index (χ0v) is 23.9. The number of benzene rings is 2. The van der Waals surface area contributed by atoms with E-state index < -0.39 is 29.0 Å². The maximum absolute atomic E-state index is 13.2. The third kappa shape index (κ3) is 4.45. The number of carbonyl (C=O) groups excluding carboxylic acids is 1. The number of hydrogen-bond donors (Lipinski definition) is 2. The minimum Gasteiger partial charge on any atom is -0.368 e. The Bertz CT molecular complexity index is 1450. The fraction of sp³-hybridized carbons (Fsp3) is 0.385. The molecular weight excluding hydrogens is 506 g/mol. The standard InChI is InChI=1S/C26H35N5O4SSi/c1-7-35-25(37(4,5)6)30-23(19-11-9-8-10-12-19)16-28-26(30,17-32)20-13-14-21-22(15-20)31(24(27)29-21)36(33,34)18(2)3/h8-18,25,28H,7H2,1-6H3,(H2,27,29). The second kappa shape index (κ2) is 9.62. The van der Waals surface area contributed by atoms with Crippen molar-refractivity contribution < 1.29 is 17.9 Å². The highest BCUT2D eigenvalue weighted by Gasteiger charge is 2.51. The molecule has 2 heterocycles. The van der Waals surface area contributed by atoms with Gasteiger partial charge in [0.2, 0.25) is 16.0 Å². The number of imidazole rings is 1. The number of rotatable bonds is 9. The van der Waals surface area contributed by atoms with Gasteiger partial charge in [0.1, 0.15) is 13.9 Å². The molecule has 0 saturated carbocycles. The van der Waals surface area contributed by atoms with Crippen LogP contribution in [0.1, 0.15) is 31.9 Å². The van der Waals surface area contributed by atoms with E-state index >= 15 is 0 Å². The largest absolute Gasteiger partial charge is 0.368 e. The Morgan fingerprint density at radius 3 is 2.41 bits per heavy atom. The summed E-state index contributed by atoms with van der Waals surface area (Å²) < 4.78 is 33.7. The number of nitrogens with two attached hydrogens (primary N) is 1. The van der Waals surface area contributed by atoms with Gasteiger partial charge in [-0.2, -0.15) is 0 Å². The summed E-state index contributed by atoms with van der Waals surface area (Å²) in [4.78, 5) is 19.4. The highest BCUT2D eigenvalue weighted by Crippen LogP contribution is 2.42. The first kappa shape index (κ1) is 26.9. The summed E-state index contributed by atoms with van der Waals surface area (Å²) in [5, 5.41) is 2.62. The number of fused-ring (bicyclic) bond motifs is 1. The summed E-state index contributed by atoms with van der Waals surface area (Å²) >= 11 is 0. The van der Waals surface area contributed by atoms with E-state index in [1.165, 1.54) is 0 Å². The Kier molecular flexibility index (Phi) is 6.99. The Morgan fingerprint density at radius 2 is 1.84 bits per heavy atom. The fourth-order valence-electron chi connectivity index (χ4n) is 4.69. The van der Waals surface area contributed by atoms with Crippen LogP contribution in [0, 0.1) is 0 Å². The topological polar surface area (TPSA) is 120 Å². The van der Waals surface area contributed by atoms with Crippen LogP contribution in [0.4, 0.5) is 5.95 Å². The molecule has 3 aromatic rings. The molecule has 1 aliphatic rings. The first-order chi connectivity index (χ1) is 17.4. The molecule has 0 spiro atoms. The zero-order valence-electron chi connectivity index (χ0n) is 22.1. The SMILES string of the molecule is CCOC(N1C(c2ccccc2)=CNC1(C=O)c1ccc2nc(N)n(S(=O)(=O)C(C)C)c2c1)[Si](C)(C)C. The van der Waals surface area contributed by atoms with Crippen molar-refractivity contribution in [2.24, 2.45) is 0 Å². The molecule has 2 atom stereocenters. The van der Waals surface area contributed by atoms with E-state index in [-0.39, 0.29) is 11.8 Å². The maximum Gasteiger partial charge on any atom is 0.244 e. The Labute approximate surface area is 219 Å². The van der Waals surface area contributed by atoms with Gasteiger partial charge < -0.3 is 20.7 Å². The van der Waals surface area contributed by atoms with Crippen LogP contribution in [0.5, 0.6) is 0 Å². The first-order valence-electron chi connectivity index (χ1n) is 12.3. The molecule has 37 heavy (non-hydrogen) atoms. The lowest BCUT2D eigenvalue weighted by Crippen LogP contribution is -2.61. The monoisotopic (exact) mass is 541 g/mol. The van der Waals surface area contributed by atoms with Crippen LogP contribution in [0.3, 0.4) is 0 Å². The van der Waals surface area contributed by atoms with Gasteiger partial charge in [0.25, 0.3) is 0 Å². The van der Waals surface area contributed by atoms with Crippen LogP contribution >= 0.6 is 0 Å². The van der Waals surface area contributed by atoms with Crippen molar-refractivity contribution in [2.75, 3.05) is 12.3 Å². The van der Waals surface area contributed by atoms with Gasteiger partial charge in [0.15, 0.2) is 11.9 Å². The van der Waals surface area contributed by atoms with E-state index in [4.69, 9.17) is 10.5 Å². The Hall–Kier alpha value is -3.15. The molecule has 0 aliphatic carbocycles. The van der Waals surface area contributed by atoms with E-state index in [0.29, 0.717) is 23.2 Å². The van der Waals surface area contributed by atoms with Crippen molar-refractivity contribution in [3.8, 4) is 0 Å². The van der Waals surface area contributed by atoms with Crippen LogP contribution in [0.2, 0.25) is 19.6 Å². The number of aromatic nitrogens is 2. The fourth-order valence-corrected chi connectivity index (χ4v) is 7.62.